The lowest BCUT2D eigenvalue weighted by Crippen LogP contribution is -2.15. The van der Waals surface area contributed by atoms with Gasteiger partial charge in [-0.1, -0.05) is 45.9 Å². The van der Waals surface area contributed by atoms with Crippen LogP contribution in [0.5, 0.6) is 0 Å². The zero-order valence-corrected chi connectivity index (χ0v) is 30.7. The quantitative estimate of drug-likeness (QED) is 0.101. The van der Waals surface area contributed by atoms with E-state index in [0.29, 0.717) is 0 Å². The third-order valence-electron chi connectivity index (χ3n) is 10.7. The van der Waals surface area contributed by atoms with E-state index in [-0.39, 0.29) is 61.3 Å². The Hall–Kier alpha value is -6.34. The minimum atomic E-state index is -0.546. The van der Waals surface area contributed by atoms with Crippen molar-refractivity contribution in [1.29, 1.82) is 10.5 Å². The van der Waals surface area contributed by atoms with Gasteiger partial charge in [-0.25, -0.2) is 0 Å². The van der Waals surface area contributed by atoms with E-state index in [1.54, 1.807) is 34.8 Å². The monoisotopic (exact) mass is 740 g/mol. The molecule has 0 fully saturated rings. The molecule has 5 aromatic rings. The first-order chi connectivity index (χ1) is 25.2. The number of carbonyl (C=O) groups is 4. The Kier molecular flexibility index (Phi) is 6.52. The third-order valence-corrected chi connectivity index (χ3v) is 14.6. The van der Waals surface area contributed by atoms with Crippen LogP contribution >= 0.6 is 34.0 Å². The van der Waals surface area contributed by atoms with Gasteiger partial charge in [0.05, 0.1) is 49.5 Å². The molecule has 4 aliphatic rings. The number of hydrogen-bond donors (Lipinski definition) is 0. The van der Waals surface area contributed by atoms with Gasteiger partial charge in [-0.15, -0.1) is 34.0 Å². The maximum atomic E-state index is 13.5. The minimum Gasteiger partial charge on any atom is -0.288 e. The highest BCUT2D eigenvalue weighted by Gasteiger charge is 2.50. The Morgan fingerprint density at radius 1 is 0.660 bits per heavy atom. The molecule has 0 spiro atoms. The van der Waals surface area contributed by atoms with E-state index in [4.69, 9.17) is 13.1 Å². The van der Waals surface area contributed by atoms with Gasteiger partial charge in [-0.2, -0.15) is 10.5 Å². The van der Waals surface area contributed by atoms with Crippen molar-refractivity contribution in [3.8, 4) is 12.1 Å². The van der Waals surface area contributed by atoms with Gasteiger partial charge in [-0.05, 0) is 52.6 Å². The average molecular weight is 741 g/mol. The molecule has 0 saturated carbocycles. The lowest BCUT2D eigenvalue weighted by molar-refractivity contribution is 0.0974. The number of ketones is 4. The second-order valence-electron chi connectivity index (χ2n) is 14.3. The van der Waals surface area contributed by atoms with Crippen molar-refractivity contribution in [3.63, 3.8) is 0 Å². The topological polar surface area (TPSA) is 125 Å². The molecule has 3 heterocycles. The predicted octanol–water partition coefficient (Wildman–Crippen LogP) is 10.5. The molecule has 9 rings (SSSR count). The highest BCUT2D eigenvalue weighted by Crippen LogP contribution is 2.65. The Balaban J connectivity index is 1.08. The van der Waals surface area contributed by atoms with E-state index in [2.05, 4.69) is 43.5 Å². The molecule has 53 heavy (non-hydrogen) atoms. The van der Waals surface area contributed by atoms with Crippen LogP contribution in [0.4, 0.5) is 11.4 Å². The lowest BCUT2D eigenvalue weighted by Gasteiger charge is -2.25. The number of benzene rings is 2. The first kappa shape index (κ1) is 32.6. The number of hydrogen-bond acceptors (Lipinski definition) is 9. The van der Waals surface area contributed by atoms with Gasteiger partial charge >= 0.3 is 0 Å². The van der Waals surface area contributed by atoms with Gasteiger partial charge in [0.15, 0.2) is 34.5 Å². The molecule has 0 bridgehead atoms. The van der Waals surface area contributed by atoms with E-state index in [9.17, 15) is 29.7 Å². The summed E-state index contributed by atoms with van der Waals surface area (Å²) in [6.07, 6.45) is 5.40. The molecule has 8 nitrogen and oxygen atoms in total. The van der Waals surface area contributed by atoms with Crippen LogP contribution in [0.25, 0.3) is 40.1 Å². The highest BCUT2D eigenvalue weighted by molar-refractivity contribution is 7.39. The van der Waals surface area contributed by atoms with Gasteiger partial charge in [0, 0.05) is 47.5 Å². The summed E-state index contributed by atoms with van der Waals surface area (Å²) < 4.78 is 4.42. The number of nitrogens with zero attached hydrogens (tertiary/aromatic N) is 4. The van der Waals surface area contributed by atoms with Gasteiger partial charge in [-0.3, -0.25) is 28.9 Å². The second kappa shape index (κ2) is 10.6. The van der Waals surface area contributed by atoms with E-state index in [1.165, 1.54) is 45.9 Å². The number of nitriles is 2. The van der Waals surface area contributed by atoms with E-state index < -0.39 is 28.5 Å². The molecule has 0 amide bonds. The summed E-state index contributed by atoms with van der Waals surface area (Å²) in [5.41, 5.74) is 4.28. The standard InChI is InChI=1S/C42H20N4O4S3/c1-41(2)19(9-25-35(49)23-13-28(45-5)29(46-6)14-24(23)36(25)50)10-27-31(41)38-32(42(27,3)4)39-40(53-38)37-30(52-39)12-20(51-37)11-26-33(47)21-7-17(15-43)18(16-44)8-22(21)34(26)48/h7-14H,1-4H3. The number of thiophene rings is 3. The van der Waals surface area contributed by atoms with Crippen molar-refractivity contribution in [3.05, 3.63) is 136 Å². The number of Topliss-reactive ketones (excluding diaryl/α,β-unsaturated/α-hetero) is 4. The maximum absolute atomic E-state index is 13.5. The zero-order chi connectivity index (χ0) is 37.5. The SMILES string of the molecule is [C-]#[N+]c1cc2c(cc1[N+]#[C-])C(=O)C(=CC1=CC3=C(c4sc5c(sc6cc(C=C7C(=O)c8cc(C#N)c(C#N)cc8C7=O)sc65)c4C3(C)C)C1(C)C)C2=O. The summed E-state index contributed by atoms with van der Waals surface area (Å²) >= 11 is 4.89. The Morgan fingerprint density at radius 3 is 1.72 bits per heavy atom. The van der Waals surface area contributed by atoms with Gasteiger partial charge in [0.1, 0.15) is 12.1 Å². The molecule has 2 aromatic carbocycles. The average Bonchev–Trinajstić information content (AvgIpc) is 3.96. The molecule has 4 aliphatic carbocycles. The predicted molar refractivity (Wildman–Crippen MR) is 205 cm³/mol. The molecule has 0 unspecified atom stereocenters. The smallest absolute Gasteiger partial charge is 0.197 e. The fraction of sp³-hybridized carbons (Fsp3) is 0.143. The number of carbonyl (C=O) groups excluding carboxylic acids is 4. The van der Waals surface area contributed by atoms with Crippen LogP contribution in [0.2, 0.25) is 0 Å². The van der Waals surface area contributed by atoms with Crippen LogP contribution in [0.15, 0.2) is 64.8 Å². The largest absolute Gasteiger partial charge is 0.288 e. The Labute approximate surface area is 314 Å². The van der Waals surface area contributed by atoms with E-state index in [0.717, 1.165) is 40.6 Å². The van der Waals surface area contributed by atoms with Crippen molar-refractivity contribution < 1.29 is 19.2 Å². The molecule has 0 N–H and O–H groups in total. The van der Waals surface area contributed by atoms with Crippen LogP contribution in [0.1, 0.15) is 95.6 Å². The van der Waals surface area contributed by atoms with Crippen molar-refractivity contribution in [1.82, 2.24) is 0 Å². The van der Waals surface area contributed by atoms with Crippen molar-refractivity contribution in [2.45, 2.75) is 33.1 Å². The maximum Gasteiger partial charge on any atom is 0.197 e. The Morgan fingerprint density at radius 2 is 1.19 bits per heavy atom. The first-order valence-electron chi connectivity index (χ1n) is 16.3. The number of rotatable bonds is 2. The molecule has 0 aliphatic heterocycles. The zero-order valence-electron chi connectivity index (χ0n) is 28.3. The molecule has 0 radical (unpaired) electrons. The normalized spacial score (nSPS) is 17.4. The summed E-state index contributed by atoms with van der Waals surface area (Å²) in [5, 5.41) is 18.9. The van der Waals surface area contributed by atoms with Crippen LogP contribution < -0.4 is 0 Å². The van der Waals surface area contributed by atoms with Crippen LogP contribution in [0, 0.1) is 41.2 Å². The molecular formula is C42H20N4O4S3. The second-order valence-corrected chi connectivity index (χ2v) is 17.4. The molecule has 11 heteroatoms. The minimum absolute atomic E-state index is 0.00939. The van der Waals surface area contributed by atoms with E-state index in [1.807, 2.05) is 18.2 Å². The summed E-state index contributed by atoms with van der Waals surface area (Å²) in [4.78, 5) is 62.4. The fourth-order valence-electron chi connectivity index (χ4n) is 8.00. The molecular weight excluding hydrogens is 721 g/mol. The van der Waals surface area contributed by atoms with Gasteiger partial charge in [0.2, 0.25) is 0 Å². The third kappa shape index (κ3) is 4.10. The van der Waals surface area contributed by atoms with E-state index >= 15 is 0 Å². The van der Waals surface area contributed by atoms with Crippen LogP contribution in [-0.4, -0.2) is 23.1 Å². The summed E-state index contributed by atoms with van der Waals surface area (Å²) in [5.74, 6) is -1.81. The lowest BCUT2D eigenvalue weighted by atomic mass is 9.79. The molecule has 0 saturated heterocycles. The van der Waals surface area contributed by atoms with Crippen molar-refractivity contribution in [2.24, 2.45) is 5.41 Å². The fourth-order valence-corrected chi connectivity index (χ4v) is 12.7. The van der Waals surface area contributed by atoms with Gasteiger partial charge < -0.3 is 0 Å². The molecule has 3 aromatic heterocycles. The highest BCUT2D eigenvalue weighted by atomic mass is 32.1. The van der Waals surface area contributed by atoms with Crippen molar-refractivity contribution in [2.75, 3.05) is 0 Å². The number of allylic oxidation sites excluding steroid dienone is 7. The van der Waals surface area contributed by atoms with Crippen LogP contribution in [-0.2, 0) is 5.41 Å². The summed E-state index contributed by atoms with van der Waals surface area (Å²) in [6, 6.07) is 11.2. The molecule has 250 valence electrons. The summed E-state index contributed by atoms with van der Waals surface area (Å²) in [6.45, 7) is 23.4. The first-order valence-corrected chi connectivity index (χ1v) is 18.7. The summed E-state index contributed by atoms with van der Waals surface area (Å²) in [7, 11) is 0. The van der Waals surface area contributed by atoms with Crippen LogP contribution in [0.3, 0.4) is 0 Å². The van der Waals surface area contributed by atoms with Crippen molar-refractivity contribution >= 4 is 99.0 Å². The molecule has 0 atom stereocenters. The Bertz CT molecular complexity index is 2960. The number of fused-ring (bicyclic) bond motifs is 8. The van der Waals surface area contributed by atoms with Gasteiger partial charge in [0.25, 0.3) is 0 Å².